The average molecular weight is 503 g/mol. The number of methoxy groups -OCH3 is 2. The Morgan fingerprint density at radius 3 is 2.35 bits per heavy atom. The normalized spacial score (nSPS) is 13.5. The van der Waals surface area contributed by atoms with Gasteiger partial charge >= 0.3 is 11.9 Å². The highest BCUT2D eigenvalue weighted by molar-refractivity contribution is 7.93. The highest BCUT2D eigenvalue weighted by Gasteiger charge is 2.32. The number of hydrogen-bond acceptors (Lipinski definition) is 7. The fourth-order valence-corrected chi connectivity index (χ4v) is 5.29. The van der Waals surface area contributed by atoms with Crippen LogP contribution in [0.4, 0.5) is 11.4 Å². The second-order valence-electron chi connectivity index (χ2n) is 7.33. The first-order chi connectivity index (χ1) is 16.1. The third kappa shape index (κ3) is 5.00. The Morgan fingerprint density at radius 1 is 1.00 bits per heavy atom. The van der Waals surface area contributed by atoms with Crippen molar-refractivity contribution in [3.05, 3.63) is 88.2 Å². The summed E-state index contributed by atoms with van der Waals surface area (Å²) in [5.74, 6) is -1.67. The van der Waals surface area contributed by atoms with Crippen LogP contribution in [0.2, 0.25) is 5.02 Å². The molecule has 0 saturated heterocycles. The molecule has 0 atom stereocenters. The average Bonchev–Trinajstić information content (AvgIpc) is 3.02. The van der Waals surface area contributed by atoms with Gasteiger partial charge in [0.1, 0.15) is 10.6 Å². The van der Waals surface area contributed by atoms with Gasteiger partial charge in [-0.1, -0.05) is 41.4 Å². The van der Waals surface area contributed by atoms with Crippen molar-refractivity contribution in [1.29, 1.82) is 0 Å². The van der Waals surface area contributed by atoms with Gasteiger partial charge in [-0.2, -0.15) is 0 Å². The van der Waals surface area contributed by atoms with Gasteiger partial charge in [0.25, 0.3) is 10.0 Å². The number of esters is 2. The Bertz CT molecular complexity index is 1350. The third-order valence-electron chi connectivity index (χ3n) is 4.99. The van der Waals surface area contributed by atoms with E-state index in [9.17, 15) is 18.0 Å². The van der Waals surface area contributed by atoms with Gasteiger partial charge in [0, 0.05) is 6.20 Å². The van der Waals surface area contributed by atoms with Crippen LogP contribution in [-0.4, -0.2) is 34.6 Å². The molecule has 2 aromatic carbocycles. The van der Waals surface area contributed by atoms with Crippen molar-refractivity contribution in [3.8, 4) is 0 Å². The van der Waals surface area contributed by atoms with Crippen molar-refractivity contribution in [2.45, 2.75) is 18.7 Å². The molecule has 0 saturated carbocycles. The molecule has 0 spiro atoms. The quantitative estimate of drug-likeness (QED) is 0.589. The summed E-state index contributed by atoms with van der Waals surface area (Å²) < 4.78 is 39.3. The van der Waals surface area contributed by atoms with Gasteiger partial charge in [0.2, 0.25) is 0 Å². The van der Waals surface area contributed by atoms with E-state index in [1.165, 1.54) is 54.6 Å². The van der Waals surface area contributed by atoms with Crippen molar-refractivity contribution in [1.82, 2.24) is 0 Å². The maximum Gasteiger partial charge on any atom is 0.355 e. The topological polar surface area (TPSA) is 102 Å². The van der Waals surface area contributed by atoms with E-state index in [4.69, 9.17) is 21.1 Å². The molecule has 0 aromatic heterocycles. The van der Waals surface area contributed by atoms with E-state index in [2.05, 4.69) is 4.72 Å². The van der Waals surface area contributed by atoms with Crippen LogP contribution in [0.25, 0.3) is 0 Å². The van der Waals surface area contributed by atoms with Crippen molar-refractivity contribution < 1.29 is 27.5 Å². The molecule has 10 heteroatoms. The largest absolute Gasteiger partial charge is 0.465 e. The van der Waals surface area contributed by atoms with Gasteiger partial charge in [-0.05, 0) is 49.8 Å². The summed E-state index contributed by atoms with van der Waals surface area (Å²) in [6.45, 7) is 3.68. The second-order valence-corrected chi connectivity index (χ2v) is 9.35. The predicted octanol–water partition coefficient (Wildman–Crippen LogP) is 4.25. The second kappa shape index (κ2) is 10.1. The fraction of sp³-hybridized carbons (Fsp3) is 0.167. The minimum Gasteiger partial charge on any atom is -0.465 e. The summed E-state index contributed by atoms with van der Waals surface area (Å²) in [6, 6.07) is 9.70. The molecule has 1 aliphatic rings. The van der Waals surface area contributed by atoms with Crippen molar-refractivity contribution in [2.24, 2.45) is 0 Å². The molecular weight excluding hydrogens is 480 g/mol. The smallest absolute Gasteiger partial charge is 0.355 e. The summed E-state index contributed by atoms with van der Waals surface area (Å²) >= 11 is 6.38. The lowest BCUT2D eigenvalue weighted by atomic mass is 10.1. The van der Waals surface area contributed by atoms with Crippen LogP contribution >= 0.6 is 11.6 Å². The zero-order valence-corrected chi connectivity index (χ0v) is 20.5. The van der Waals surface area contributed by atoms with Gasteiger partial charge in [-0.15, -0.1) is 0 Å². The highest BCUT2D eigenvalue weighted by Crippen LogP contribution is 2.37. The summed E-state index contributed by atoms with van der Waals surface area (Å²) in [5, 5.41) is -0.0794. The third-order valence-corrected chi connectivity index (χ3v) is 6.87. The molecule has 1 N–H and O–H groups in total. The lowest BCUT2D eigenvalue weighted by molar-refractivity contribution is -0.139. The lowest BCUT2D eigenvalue weighted by Crippen LogP contribution is -2.29. The van der Waals surface area contributed by atoms with E-state index in [1.807, 2.05) is 13.0 Å². The first-order valence-corrected chi connectivity index (χ1v) is 11.9. The van der Waals surface area contributed by atoms with Crippen LogP contribution in [-0.2, 0) is 29.1 Å². The van der Waals surface area contributed by atoms with Gasteiger partial charge < -0.3 is 14.4 Å². The molecule has 3 rings (SSSR count). The van der Waals surface area contributed by atoms with Gasteiger partial charge in [-0.3, -0.25) is 4.72 Å². The predicted molar refractivity (Wildman–Crippen MR) is 130 cm³/mol. The monoisotopic (exact) mass is 502 g/mol. The number of allylic oxidation sites excluding steroid dienone is 2. The van der Waals surface area contributed by atoms with Crippen LogP contribution in [0.5, 0.6) is 0 Å². The summed E-state index contributed by atoms with van der Waals surface area (Å²) in [6.07, 6.45) is 5.86. The number of halogens is 1. The Kier molecular flexibility index (Phi) is 7.48. The highest BCUT2D eigenvalue weighted by atomic mass is 35.5. The minimum atomic E-state index is -4.24. The maximum atomic E-state index is 13.5. The Labute approximate surface area is 203 Å². The molecule has 0 radical (unpaired) electrons. The summed E-state index contributed by atoms with van der Waals surface area (Å²) in [4.78, 5) is 26.1. The molecule has 8 nitrogen and oxygen atoms in total. The standard InChI is InChI=1S/C24H23ClN2O6S/c1-15-11-12-19(16(2)14-15)26-34(30,31)22-18(25)9-7-10-20(22)27-13-6-5-8-17(23(28)32-3)21(27)24(29)33-4/h5-14,26H,1-4H3. The number of hydrogen-bond donors (Lipinski definition) is 1. The molecule has 0 amide bonds. The van der Waals surface area contributed by atoms with E-state index in [0.717, 1.165) is 18.2 Å². The van der Waals surface area contributed by atoms with Crippen LogP contribution in [0.3, 0.4) is 0 Å². The number of rotatable bonds is 6. The van der Waals surface area contributed by atoms with E-state index in [-0.39, 0.29) is 26.9 Å². The molecule has 0 fully saturated rings. The van der Waals surface area contributed by atoms with Crippen molar-refractivity contribution in [2.75, 3.05) is 23.8 Å². The minimum absolute atomic E-state index is 0.0338. The molecule has 178 valence electrons. The lowest BCUT2D eigenvalue weighted by Gasteiger charge is -2.26. The number of carbonyl (C=O) groups is 2. The number of ether oxygens (including phenoxy) is 2. The molecule has 0 unspecified atom stereocenters. The molecule has 1 aliphatic heterocycles. The maximum absolute atomic E-state index is 13.5. The van der Waals surface area contributed by atoms with Crippen molar-refractivity contribution >= 4 is 44.9 Å². The number of sulfonamides is 1. The molecule has 1 heterocycles. The first kappa shape index (κ1) is 25.1. The van der Waals surface area contributed by atoms with Crippen LogP contribution < -0.4 is 9.62 Å². The van der Waals surface area contributed by atoms with Gasteiger partial charge in [-0.25, -0.2) is 18.0 Å². The number of anilines is 2. The van der Waals surface area contributed by atoms with E-state index >= 15 is 0 Å². The first-order valence-electron chi connectivity index (χ1n) is 10.0. The zero-order chi connectivity index (χ0) is 25.0. The van der Waals surface area contributed by atoms with Crippen LogP contribution in [0, 0.1) is 13.8 Å². The SMILES string of the molecule is COC(=O)C1=C(C(=O)OC)N(c2cccc(Cl)c2S(=O)(=O)Nc2ccc(C)cc2C)C=CC=C1. The Balaban J connectivity index is 2.24. The number of carbonyl (C=O) groups excluding carboxylic acids is 2. The van der Waals surface area contributed by atoms with Crippen molar-refractivity contribution in [3.63, 3.8) is 0 Å². The Hall–Kier alpha value is -3.56. The van der Waals surface area contributed by atoms with E-state index in [1.54, 1.807) is 19.1 Å². The summed E-state index contributed by atoms with van der Waals surface area (Å²) in [7, 11) is -1.92. The number of aryl methyl sites for hydroxylation is 2. The van der Waals surface area contributed by atoms with E-state index in [0.29, 0.717) is 5.69 Å². The zero-order valence-electron chi connectivity index (χ0n) is 19.0. The van der Waals surface area contributed by atoms with E-state index < -0.39 is 22.0 Å². The number of nitrogens with zero attached hydrogens (tertiary/aromatic N) is 1. The van der Waals surface area contributed by atoms with Crippen LogP contribution in [0.15, 0.2) is 77.0 Å². The molecule has 0 aliphatic carbocycles. The molecule has 2 aromatic rings. The molecule has 0 bridgehead atoms. The molecular formula is C24H23ClN2O6S. The summed E-state index contributed by atoms with van der Waals surface area (Å²) in [5.41, 5.74) is 1.76. The van der Waals surface area contributed by atoms with Crippen LogP contribution in [0.1, 0.15) is 11.1 Å². The Morgan fingerprint density at radius 2 is 1.71 bits per heavy atom. The van der Waals surface area contributed by atoms with Gasteiger partial charge in [0.05, 0.1) is 36.2 Å². The number of benzene rings is 2. The fourth-order valence-electron chi connectivity index (χ4n) is 3.43. The van der Waals surface area contributed by atoms with Gasteiger partial charge in [0.15, 0.2) is 0 Å². The number of nitrogens with one attached hydrogen (secondary N) is 1. The molecule has 34 heavy (non-hydrogen) atoms.